The van der Waals surface area contributed by atoms with Crippen molar-refractivity contribution in [1.29, 1.82) is 0 Å². The molecule has 0 spiro atoms. The van der Waals surface area contributed by atoms with Gasteiger partial charge in [-0.05, 0) is 38.1 Å². The summed E-state index contributed by atoms with van der Waals surface area (Å²) in [4.78, 5) is 6.48. The number of hydrogen-bond acceptors (Lipinski definition) is 3. The Morgan fingerprint density at radius 1 is 1.25 bits per heavy atom. The highest BCUT2D eigenvalue weighted by atomic mass is 32.1. The van der Waals surface area contributed by atoms with Crippen LogP contribution >= 0.6 is 11.3 Å². The molecule has 0 atom stereocenters. The summed E-state index contributed by atoms with van der Waals surface area (Å²) in [5.41, 5.74) is 1.99. The Labute approximate surface area is 128 Å². The first kappa shape index (κ1) is 16.0. The van der Waals surface area contributed by atoms with Gasteiger partial charge in [-0.1, -0.05) is 34.6 Å². The molecule has 1 N–H and O–H groups in total. The third-order valence-electron chi connectivity index (χ3n) is 4.45. The molecule has 2 nitrogen and oxygen atoms in total. The maximum absolute atomic E-state index is 5.05. The first-order valence-electron chi connectivity index (χ1n) is 7.87. The van der Waals surface area contributed by atoms with Crippen molar-refractivity contribution in [2.24, 2.45) is 5.41 Å². The summed E-state index contributed by atoms with van der Waals surface area (Å²) in [6, 6.07) is 0. The van der Waals surface area contributed by atoms with Crippen molar-refractivity contribution in [1.82, 2.24) is 10.3 Å². The Balaban J connectivity index is 2.21. The molecule has 20 heavy (non-hydrogen) atoms. The van der Waals surface area contributed by atoms with Crippen molar-refractivity contribution in [2.45, 2.75) is 78.2 Å². The zero-order valence-corrected chi connectivity index (χ0v) is 14.8. The van der Waals surface area contributed by atoms with Crippen molar-refractivity contribution < 1.29 is 0 Å². The molecule has 1 aliphatic rings. The third-order valence-corrected chi connectivity index (χ3v) is 5.67. The minimum Gasteiger partial charge on any atom is -0.315 e. The molecule has 1 aliphatic carbocycles. The van der Waals surface area contributed by atoms with Gasteiger partial charge in [0.05, 0.1) is 10.7 Å². The molecule has 1 heterocycles. The number of thiazole rings is 1. The molecule has 0 unspecified atom stereocenters. The number of nitrogens with zero attached hydrogens (tertiary/aromatic N) is 1. The minimum absolute atomic E-state index is 0.148. The molecule has 0 amide bonds. The SMILES string of the molecule is CNCc1sc(C2CCC(C)(C)CC2)nc1C(C)(C)C. The van der Waals surface area contributed by atoms with Gasteiger partial charge in [0, 0.05) is 22.8 Å². The molecule has 0 radical (unpaired) electrons. The van der Waals surface area contributed by atoms with Gasteiger partial charge in [-0.15, -0.1) is 11.3 Å². The van der Waals surface area contributed by atoms with Gasteiger partial charge in [-0.25, -0.2) is 4.98 Å². The van der Waals surface area contributed by atoms with Crippen molar-refractivity contribution in [2.75, 3.05) is 7.05 Å². The van der Waals surface area contributed by atoms with E-state index in [2.05, 4.69) is 39.9 Å². The first-order valence-corrected chi connectivity index (χ1v) is 8.69. The molecule has 114 valence electrons. The largest absolute Gasteiger partial charge is 0.315 e. The van der Waals surface area contributed by atoms with Crippen LogP contribution in [-0.2, 0) is 12.0 Å². The summed E-state index contributed by atoms with van der Waals surface area (Å²) in [7, 11) is 2.02. The van der Waals surface area contributed by atoms with Gasteiger partial charge in [0.2, 0.25) is 0 Å². The van der Waals surface area contributed by atoms with E-state index in [1.54, 1.807) is 0 Å². The molecule has 0 aromatic carbocycles. The van der Waals surface area contributed by atoms with Crippen LogP contribution in [0, 0.1) is 5.41 Å². The first-order chi connectivity index (χ1) is 9.23. The number of rotatable bonds is 3. The molecular weight excluding hydrogens is 264 g/mol. The Kier molecular flexibility index (Phi) is 4.60. The van der Waals surface area contributed by atoms with E-state index in [1.807, 2.05) is 18.4 Å². The van der Waals surface area contributed by atoms with E-state index in [0.29, 0.717) is 11.3 Å². The second kappa shape index (κ2) is 5.76. The molecule has 0 aliphatic heterocycles. The second-order valence-electron chi connectivity index (χ2n) is 8.04. The third kappa shape index (κ3) is 3.62. The van der Waals surface area contributed by atoms with E-state index >= 15 is 0 Å². The lowest BCUT2D eigenvalue weighted by molar-refractivity contribution is 0.224. The smallest absolute Gasteiger partial charge is 0.0962 e. The van der Waals surface area contributed by atoms with E-state index in [-0.39, 0.29) is 5.41 Å². The van der Waals surface area contributed by atoms with Crippen LogP contribution in [0.15, 0.2) is 0 Å². The summed E-state index contributed by atoms with van der Waals surface area (Å²) < 4.78 is 0. The summed E-state index contributed by atoms with van der Waals surface area (Å²) >= 11 is 1.94. The zero-order chi connectivity index (χ0) is 15.0. The van der Waals surface area contributed by atoms with Gasteiger partial charge in [0.1, 0.15) is 0 Å². The van der Waals surface area contributed by atoms with Crippen molar-refractivity contribution in [3.63, 3.8) is 0 Å². The zero-order valence-electron chi connectivity index (χ0n) is 14.0. The minimum atomic E-state index is 0.148. The number of aromatic nitrogens is 1. The Morgan fingerprint density at radius 2 is 1.85 bits per heavy atom. The quantitative estimate of drug-likeness (QED) is 0.862. The van der Waals surface area contributed by atoms with Crippen LogP contribution in [0.4, 0.5) is 0 Å². The van der Waals surface area contributed by atoms with Crippen LogP contribution in [0.1, 0.15) is 81.8 Å². The fourth-order valence-electron chi connectivity index (χ4n) is 3.06. The lowest BCUT2D eigenvalue weighted by Gasteiger charge is -2.33. The van der Waals surface area contributed by atoms with E-state index in [0.717, 1.165) is 6.54 Å². The van der Waals surface area contributed by atoms with Crippen LogP contribution < -0.4 is 5.32 Å². The van der Waals surface area contributed by atoms with Crippen LogP contribution in [-0.4, -0.2) is 12.0 Å². The standard InChI is InChI=1S/C17H30N2S/c1-16(2,3)14-13(11-18-6)20-15(19-14)12-7-9-17(4,5)10-8-12/h12,18H,7-11H2,1-6H3. The molecule has 0 bridgehead atoms. The highest BCUT2D eigenvalue weighted by molar-refractivity contribution is 7.11. The summed E-state index contributed by atoms with van der Waals surface area (Å²) in [5, 5.41) is 4.68. The van der Waals surface area contributed by atoms with E-state index in [1.165, 1.54) is 41.3 Å². The Morgan fingerprint density at radius 3 is 2.35 bits per heavy atom. The van der Waals surface area contributed by atoms with Crippen molar-refractivity contribution in [3.8, 4) is 0 Å². The molecule has 3 heteroatoms. The van der Waals surface area contributed by atoms with Crippen LogP contribution in [0.5, 0.6) is 0 Å². The monoisotopic (exact) mass is 294 g/mol. The van der Waals surface area contributed by atoms with E-state index in [4.69, 9.17) is 4.98 Å². The van der Waals surface area contributed by atoms with Crippen molar-refractivity contribution in [3.05, 3.63) is 15.6 Å². The average molecular weight is 295 g/mol. The van der Waals surface area contributed by atoms with Gasteiger partial charge in [-0.2, -0.15) is 0 Å². The summed E-state index contributed by atoms with van der Waals surface area (Å²) in [5.74, 6) is 0.694. The summed E-state index contributed by atoms with van der Waals surface area (Å²) in [6.07, 6.45) is 5.29. The van der Waals surface area contributed by atoms with Crippen LogP contribution in [0.2, 0.25) is 0 Å². The normalized spacial score (nSPS) is 20.3. The fraction of sp³-hybridized carbons (Fsp3) is 0.824. The molecule has 1 fully saturated rings. The number of nitrogens with one attached hydrogen (secondary N) is 1. The van der Waals surface area contributed by atoms with Gasteiger partial charge in [0.25, 0.3) is 0 Å². The van der Waals surface area contributed by atoms with Gasteiger partial charge in [-0.3, -0.25) is 0 Å². The molecular formula is C17H30N2S. The van der Waals surface area contributed by atoms with E-state index in [9.17, 15) is 0 Å². The second-order valence-corrected chi connectivity index (χ2v) is 9.16. The molecule has 0 saturated heterocycles. The highest BCUT2D eigenvalue weighted by Crippen LogP contribution is 2.44. The molecule has 1 aromatic heterocycles. The van der Waals surface area contributed by atoms with Gasteiger partial charge >= 0.3 is 0 Å². The number of hydrogen-bond donors (Lipinski definition) is 1. The van der Waals surface area contributed by atoms with Crippen molar-refractivity contribution >= 4 is 11.3 Å². The van der Waals surface area contributed by atoms with Crippen LogP contribution in [0.3, 0.4) is 0 Å². The lowest BCUT2D eigenvalue weighted by Crippen LogP contribution is -2.20. The molecule has 2 rings (SSSR count). The Bertz CT molecular complexity index is 444. The predicted octanol–water partition coefficient (Wildman–Crippen LogP) is 4.84. The topological polar surface area (TPSA) is 24.9 Å². The lowest BCUT2D eigenvalue weighted by atomic mass is 9.73. The fourth-order valence-corrected chi connectivity index (χ4v) is 4.51. The average Bonchev–Trinajstić information content (AvgIpc) is 2.73. The maximum Gasteiger partial charge on any atom is 0.0962 e. The summed E-state index contributed by atoms with van der Waals surface area (Å²) in [6.45, 7) is 12.6. The Hall–Kier alpha value is -0.410. The molecule has 1 saturated carbocycles. The van der Waals surface area contributed by atoms with Crippen LogP contribution in [0.25, 0.3) is 0 Å². The van der Waals surface area contributed by atoms with Gasteiger partial charge < -0.3 is 5.32 Å². The molecule has 1 aromatic rings. The van der Waals surface area contributed by atoms with Gasteiger partial charge in [0.15, 0.2) is 0 Å². The predicted molar refractivity (Wildman–Crippen MR) is 88.6 cm³/mol. The van der Waals surface area contributed by atoms with E-state index < -0.39 is 0 Å². The maximum atomic E-state index is 5.05. The highest BCUT2D eigenvalue weighted by Gasteiger charge is 2.31.